The van der Waals surface area contributed by atoms with Crippen LogP contribution in [0.3, 0.4) is 0 Å². The standard InChI is InChI=1S/C26H34N6O/c1-27-26(31(2)14-11-21-12-15-33-16-13-21)29-17-24-5-3-4-6-25(24)23-9-7-22(8-10-23)18-32-20-28-19-30-32/h3-10,19-21H,11-18H2,1-2H3,(H,27,29). The molecule has 0 aliphatic carbocycles. The van der Waals surface area contributed by atoms with Crippen LogP contribution in [-0.2, 0) is 17.8 Å². The summed E-state index contributed by atoms with van der Waals surface area (Å²) in [7, 11) is 3.97. The van der Waals surface area contributed by atoms with Gasteiger partial charge in [-0.3, -0.25) is 4.99 Å². The summed E-state index contributed by atoms with van der Waals surface area (Å²) in [4.78, 5) is 10.8. The van der Waals surface area contributed by atoms with Crippen molar-refractivity contribution in [2.45, 2.75) is 32.4 Å². The van der Waals surface area contributed by atoms with Gasteiger partial charge in [0.1, 0.15) is 12.7 Å². The summed E-state index contributed by atoms with van der Waals surface area (Å²) >= 11 is 0. The molecule has 4 rings (SSSR count). The van der Waals surface area contributed by atoms with E-state index in [-0.39, 0.29) is 0 Å². The number of nitrogens with one attached hydrogen (secondary N) is 1. The quantitative estimate of drug-likeness (QED) is 0.421. The van der Waals surface area contributed by atoms with E-state index in [1.165, 1.54) is 41.5 Å². The number of benzene rings is 2. The van der Waals surface area contributed by atoms with Gasteiger partial charge in [-0.05, 0) is 47.4 Å². The first kappa shape index (κ1) is 23.0. The van der Waals surface area contributed by atoms with Crippen LogP contribution in [0.1, 0.15) is 30.4 Å². The SMILES string of the molecule is CN=C(NCc1ccccc1-c1ccc(Cn2cncn2)cc1)N(C)CCC1CCOCC1. The molecule has 0 unspecified atom stereocenters. The molecule has 0 radical (unpaired) electrons. The molecule has 174 valence electrons. The zero-order valence-electron chi connectivity index (χ0n) is 19.7. The van der Waals surface area contributed by atoms with Crippen LogP contribution in [0, 0.1) is 5.92 Å². The smallest absolute Gasteiger partial charge is 0.193 e. The van der Waals surface area contributed by atoms with Gasteiger partial charge in [0.15, 0.2) is 5.96 Å². The van der Waals surface area contributed by atoms with E-state index in [1.807, 2.05) is 11.7 Å². The van der Waals surface area contributed by atoms with E-state index in [2.05, 4.69) is 80.9 Å². The lowest BCUT2D eigenvalue weighted by molar-refractivity contribution is 0.0625. The third kappa shape index (κ3) is 6.42. The molecular formula is C26H34N6O. The van der Waals surface area contributed by atoms with Crippen LogP contribution in [0.25, 0.3) is 11.1 Å². The molecule has 1 saturated heterocycles. The Balaban J connectivity index is 1.36. The fraction of sp³-hybridized carbons (Fsp3) is 0.423. The van der Waals surface area contributed by atoms with Crippen molar-refractivity contribution in [1.82, 2.24) is 25.0 Å². The lowest BCUT2D eigenvalue weighted by Gasteiger charge is -2.27. The van der Waals surface area contributed by atoms with Crippen LogP contribution in [0.4, 0.5) is 0 Å². The first-order valence-corrected chi connectivity index (χ1v) is 11.7. The van der Waals surface area contributed by atoms with Crippen LogP contribution < -0.4 is 5.32 Å². The van der Waals surface area contributed by atoms with Crippen LogP contribution >= 0.6 is 0 Å². The molecule has 0 spiro atoms. The molecule has 1 aromatic heterocycles. The average Bonchev–Trinajstić information content (AvgIpc) is 3.38. The number of guanidine groups is 1. The molecule has 0 saturated carbocycles. The van der Waals surface area contributed by atoms with Crippen LogP contribution in [0.5, 0.6) is 0 Å². The summed E-state index contributed by atoms with van der Waals surface area (Å²) in [5.74, 6) is 1.69. The molecule has 0 bridgehead atoms. The summed E-state index contributed by atoms with van der Waals surface area (Å²) in [5.41, 5.74) is 4.89. The van der Waals surface area contributed by atoms with Crippen molar-refractivity contribution < 1.29 is 4.74 Å². The maximum atomic E-state index is 5.48. The average molecular weight is 447 g/mol. The minimum Gasteiger partial charge on any atom is -0.381 e. The summed E-state index contributed by atoms with van der Waals surface area (Å²) in [6.45, 7) is 4.25. The number of ether oxygens (including phenoxy) is 1. The molecule has 0 amide bonds. The Morgan fingerprint density at radius 1 is 1.15 bits per heavy atom. The highest BCUT2D eigenvalue weighted by Gasteiger charge is 2.15. The van der Waals surface area contributed by atoms with Crippen molar-refractivity contribution in [3.8, 4) is 11.1 Å². The Kier molecular flexibility index (Phi) is 8.09. The molecule has 0 atom stereocenters. The lowest BCUT2D eigenvalue weighted by atomic mass is 9.96. The second-order valence-electron chi connectivity index (χ2n) is 8.61. The molecule has 2 aromatic carbocycles. The second kappa shape index (κ2) is 11.6. The molecule has 2 heterocycles. The Hall–Kier alpha value is -3.19. The summed E-state index contributed by atoms with van der Waals surface area (Å²) in [6.07, 6.45) is 6.82. The number of rotatable bonds is 8. The van der Waals surface area contributed by atoms with Crippen LogP contribution in [-0.4, -0.2) is 59.5 Å². The molecule has 7 heteroatoms. The Morgan fingerprint density at radius 3 is 2.67 bits per heavy atom. The van der Waals surface area contributed by atoms with Gasteiger partial charge in [0.25, 0.3) is 0 Å². The monoisotopic (exact) mass is 446 g/mol. The zero-order valence-corrected chi connectivity index (χ0v) is 19.7. The number of aliphatic imine (C=N–C) groups is 1. The largest absolute Gasteiger partial charge is 0.381 e. The van der Waals surface area contributed by atoms with Gasteiger partial charge in [-0.2, -0.15) is 5.10 Å². The normalized spacial score (nSPS) is 14.9. The van der Waals surface area contributed by atoms with E-state index in [0.717, 1.165) is 44.7 Å². The van der Waals surface area contributed by atoms with E-state index in [9.17, 15) is 0 Å². The lowest BCUT2D eigenvalue weighted by Crippen LogP contribution is -2.39. The minimum atomic E-state index is 0.722. The number of aromatic nitrogens is 3. The van der Waals surface area contributed by atoms with Gasteiger partial charge in [0.2, 0.25) is 0 Å². The second-order valence-corrected chi connectivity index (χ2v) is 8.61. The fourth-order valence-corrected chi connectivity index (χ4v) is 4.32. The Bertz CT molecular complexity index is 1010. The van der Waals surface area contributed by atoms with E-state index in [0.29, 0.717) is 0 Å². The van der Waals surface area contributed by atoms with Crippen molar-refractivity contribution in [3.05, 3.63) is 72.3 Å². The highest BCUT2D eigenvalue weighted by molar-refractivity contribution is 5.80. The molecule has 7 nitrogen and oxygen atoms in total. The highest BCUT2D eigenvalue weighted by atomic mass is 16.5. The number of hydrogen-bond donors (Lipinski definition) is 1. The van der Waals surface area contributed by atoms with Crippen molar-refractivity contribution in [1.29, 1.82) is 0 Å². The molecular weight excluding hydrogens is 412 g/mol. The van der Waals surface area contributed by atoms with Crippen LogP contribution in [0.2, 0.25) is 0 Å². The van der Waals surface area contributed by atoms with Gasteiger partial charge in [-0.1, -0.05) is 48.5 Å². The zero-order chi connectivity index (χ0) is 22.9. The van der Waals surface area contributed by atoms with E-state index in [4.69, 9.17) is 4.74 Å². The third-order valence-corrected chi connectivity index (χ3v) is 6.32. The maximum Gasteiger partial charge on any atom is 0.193 e. The molecule has 1 N–H and O–H groups in total. The minimum absolute atomic E-state index is 0.722. The van der Waals surface area contributed by atoms with Crippen molar-refractivity contribution in [3.63, 3.8) is 0 Å². The number of nitrogens with zero attached hydrogens (tertiary/aromatic N) is 5. The van der Waals surface area contributed by atoms with Gasteiger partial charge in [0.05, 0.1) is 6.54 Å². The summed E-state index contributed by atoms with van der Waals surface area (Å²) < 4.78 is 7.31. The molecule has 1 aliphatic heterocycles. The van der Waals surface area contributed by atoms with Gasteiger partial charge < -0.3 is 15.0 Å². The topological polar surface area (TPSA) is 67.6 Å². The molecule has 1 aliphatic rings. The highest BCUT2D eigenvalue weighted by Crippen LogP contribution is 2.24. The Labute approximate surface area is 196 Å². The summed E-state index contributed by atoms with van der Waals surface area (Å²) in [6, 6.07) is 17.2. The Morgan fingerprint density at radius 2 is 1.94 bits per heavy atom. The molecule has 3 aromatic rings. The van der Waals surface area contributed by atoms with Crippen molar-refractivity contribution in [2.75, 3.05) is 33.9 Å². The molecule has 33 heavy (non-hydrogen) atoms. The van der Waals surface area contributed by atoms with E-state index in [1.54, 1.807) is 12.7 Å². The van der Waals surface area contributed by atoms with Crippen molar-refractivity contribution in [2.24, 2.45) is 10.9 Å². The van der Waals surface area contributed by atoms with Crippen molar-refractivity contribution >= 4 is 5.96 Å². The molecule has 1 fully saturated rings. The maximum absolute atomic E-state index is 5.48. The van der Waals surface area contributed by atoms with E-state index < -0.39 is 0 Å². The first-order chi connectivity index (χ1) is 16.2. The summed E-state index contributed by atoms with van der Waals surface area (Å²) in [5, 5.41) is 7.74. The van der Waals surface area contributed by atoms with Gasteiger partial charge in [-0.15, -0.1) is 0 Å². The van der Waals surface area contributed by atoms with Gasteiger partial charge in [0, 0.05) is 40.4 Å². The predicted octanol–water partition coefficient (Wildman–Crippen LogP) is 3.82. The van der Waals surface area contributed by atoms with Crippen LogP contribution in [0.15, 0.2) is 66.2 Å². The predicted molar refractivity (Wildman–Crippen MR) is 132 cm³/mol. The third-order valence-electron chi connectivity index (χ3n) is 6.32. The van der Waals surface area contributed by atoms with Gasteiger partial charge >= 0.3 is 0 Å². The van der Waals surface area contributed by atoms with E-state index >= 15 is 0 Å². The van der Waals surface area contributed by atoms with Gasteiger partial charge in [-0.25, -0.2) is 9.67 Å². The fourth-order valence-electron chi connectivity index (χ4n) is 4.32. The first-order valence-electron chi connectivity index (χ1n) is 11.7. The number of hydrogen-bond acceptors (Lipinski definition) is 4.